The Balaban J connectivity index is 0.000000968. The van der Waals surface area contributed by atoms with E-state index in [0.717, 1.165) is 25.0 Å². The number of fused-ring (bicyclic) bond motifs is 1. The number of piperidine rings is 1. The average Bonchev–Trinajstić information content (AvgIpc) is 2.82. The van der Waals surface area contributed by atoms with Crippen molar-refractivity contribution < 1.29 is 29.3 Å². The van der Waals surface area contributed by atoms with E-state index in [1.165, 1.54) is 12.0 Å². The van der Waals surface area contributed by atoms with Crippen molar-refractivity contribution >= 4 is 18.3 Å². The topological polar surface area (TPSA) is 129 Å². The summed E-state index contributed by atoms with van der Waals surface area (Å²) in [5, 5.41) is 20.3. The number of aliphatic hydroxyl groups excluding tert-OH is 1. The molecule has 3 aliphatic rings. The van der Waals surface area contributed by atoms with Gasteiger partial charge >= 0.3 is 0 Å². The predicted octanol–water partition coefficient (Wildman–Crippen LogP) is 1.70. The molecule has 2 saturated heterocycles. The summed E-state index contributed by atoms with van der Waals surface area (Å²) in [5.74, 6) is -0.0373. The maximum atomic E-state index is 13.1. The fourth-order valence-electron chi connectivity index (χ4n) is 5.14. The van der Waals surface area contributed by atoms with Crippen LogP contribution in [0.15, 0.2) is 12.3 Å². The fourth-order valence-corrected chi connectivity index (χ4v) is 5.14. The number of ether oxygens (including phenoxy) is 1. The summed E-state index contributed by atoms with van der Waals surface area (Å²) in [6, 6.07) is 2.03. The quantitative estimate of drug-likeness (QED) is 0.584. The summed E-state index contributed by atoms with van der Waals surface area (Å²) in [6.45, 7) is 4.85. The largest absolute Gasteiger partial charge is 0.483 e. The van der Waals surface area contributed by atoms with Crippen LogP contribution < -0.4 is 5.32 Å². The third kappa shape index (κ3) is 5.70. The Hall–Kier alpha value is -2.52. The van der Waals surface area contributed by atoms with Crippen molar-refractivity contribution in [2.24, 2.45) is 0 Å². The van der Waals surface area contributed by atoms with Crippen molar-refractivity contribution in [3.8, 4) is 0 Å². The number of rotatable bonds is 3. The lowest BCUT2D eigenvalue weighted by molar-refractivity contribution is -0.179. The van der Waals surface area contributed by atoms with E-state index in [0.29, 0.717) is 44.3 Å². The van der Waals surface area contributed by atoms with Crippen molar-refractivity contribution in [1.82, 2.24) is 15.2 Å². The lowest BCUT2D eigenvalue weighted by atomic mass is 9.74. The number of nitrogens with one attached hydrogen (secondary N) is 1. The number of aryl methyl sites for hydroxylation is 2. The number of carbonyl (C=O) groups is 3. The first-order valence-electron chi connectivity index (χ1n) is 11.7. The summed E-state index contributed by atoms with van der Waals surface area (Å²) in [5.41, 5.74) is 1.90. The Morgan fingerprint density at radius 1 is 1.30 bits per heavy atom. The van der Waals surface area contributed by atoms with E-state index in [-0.39, 0.29) is 24.9 Å². The number of hydrogen-bond donors (Lipinski definition) is 3. The number of likely N-dealkylation sites (tertiary alicyclic amines) is 1. The molecule has 1 aromatic heterocycles. The van der Waals surface area contributed by atoms with E-state index in [9.17, 15) is 14.7 Å². The van der Waals surface area contributed by atoms with Crippen molar-refractivity contribution in [2.75, 3.05) is 19.7 Å². The van der Waals surface area contributed by atoms with E-state index in [4.69, 9.17) is 14.6 Å². The van der Waals surface area contributed by atoms with E-state index in [2.05, 4.69) is 10.3 Å². The van der Waals surface area contributed by atoms with Gasteiger partial charge in [-0.2, -0.15) is 0 Å². The summed E-state index contributed by atoms with van der Waals surface area (Å²) in [6.07, 6.45) is 7.66. The SMILES string of the molecule is CCC(=O)N[C@]1(C)CC2(CCN(C(=O)c3cnc4c(c3)CCCC4)CC2)OC[C@H]1O.O=CO. The minimum Gasteiger partial charge on any atom is -0.483 e. The van der Waals surface area contributed by atoms with Crippen LogP contribution in [-0.2, 0) is 27.2 Å². The minimum atomic E-state index is -0.736. The van der Waals surface area contributed by atoms with Gasteiger partial charge in [0.15, 0.2) is 0 Å². The molecule has 2 amide bonds. The van der Waals surface area contributed by atoms with E-state index >= 15 is 0 Å². The molecule has 33 heavy (non-hydrogen) atoms. The number of pyridine rings is 1. The second-order valence-electron chi connectivity index (χ2n) is 9.44. The van der Waals surface area contributed by atoms with Gasteiger partial charge in [0, 0.05) is 37.8 Å². The van der Waals surface area contributed by atoms with Gasteiger partial charge in [0.1, 0.15) is 6.10 Å². The zero-order chi connectivity index (χ0) is 24.1. The molecule has 3 heterocycles. The van der Waals surface area contributed by atoms with Gasteiger partial charge in [-0.3, -0.25) is 19.4 Å². The normalized spacial score (nSPS) is 25.9. The molecule has 182 valence electrons. The van der Waals surface area contributed by atoms with Crippen LogP contribution in [0.3, 0.4) is 0 Å². The van der Waals surface area contributed by atoms with Crippen LogP contribution >= 0.6 is 0 Å². The lowest BCUT2D eigenvalue weighted by Gasteiger charge is -2.52. The molecule has 9 nitrogen and oxygen atoms in total. The van der Waals surface area contributed by atoms with Gasteiger partial charge in [-0.1, -0.05) is 6.92 Å². The standard InChI is InChI=1S/C23H33N3O4.CH2O2/c1-3-20(28)25-22(2)15-23(30-14-19(22)27)8-10-26(11-9-23)21(29)17-12-16-6-4-5-7-18(16)24-13-17;2-1-3/h12-13,19,27H,3-11,14-15H2,1-2H3,(H,25,28);1H,(H,2,3)/t19-,22-;/m1./s1. The average molecular weight is 462 g/mol. The smallest absolute Gasteiger partial charge is 0.290 e. The molecule has 0 unspecified atom stereocenters. The molecule has 1 spiro atoms. The van der Waals surface area contributed by atoms with Crippen molar-refractivity contribution in [3.05, 3.63) is 29.1 Å². The first kappa shape index (κ1) is 25.1. The molecule has 2 fully saturated rings. The van der Waals surface area contributed by atoms with Gasteiger partial charge in [0.05, 0.1) is 23.3 Å². The van der Waals surface area contributed by atoms with Crippen LogP contribution in [-0.4, -0.2) is 75.3 Å². The van der Waals surface area contributed by atoms with Crippen LogP contribution in [0.5, 0.6) is 0 Å². The maximum Gasteiger partial charge on any atom is 0.290 e. The van der Waals surface area contributed by atoms with Gasteiger partial charge < -0.3 is 25.2 Å². The van der Waals surface area contributed by atoms with Crippen molar-refractivity contribution in [2.45, 2.75) is 82.5 Å². The molecule has 3 N–H and O–H groups in total. The number of amides is 2. The zero-order valence-electron chi connectivity index (χ0n) is 19.5. The Labute approximate surface area is 194 Å². The van der Waals surface area contributed by atoms with Crippen molar-refractivity contribution in [3.63, 3.8) is 0 Å². The van der Waals surface area contributed by atoms with Crippen LogP contribution in [0.25, 0.3) is 0 Å². The summed E-state index contributed by atoms with van der Waals surface area (Å²) in [4.78, 5) is 39.8. The van der Waals surface area contributed by atoms with Gasteiger partial charge in [0.2, 0.25) is 5.91 Å². The zero-order valence-corrected chi connectivity index (χ0v) is 19.5. The van der Waals surface area contributed by atoms with Gasteiger partial charge in [-0.05, 0) is 57.1 Å². The highest BCUT2D eigenvalue weighted by Gasteiger charge is 2.50. The number of hydrogen-bond acceptors (Lipinski definition) is 6. The number of aliphatic hydroxyl groups is 1. The third-order valence-electron chi connectivity index (χ3n) is 7.10. The Morgan fingerprint density at radius 3 is 2.64 bits per heavy atom. The van der Waals surface area contributed by atoms with Gasteiger partial charge in [-0.15, -0.1) is 0 Å². The summed E-state index contributed by atoms with van der Waals surface area (Å²) < 4.78 is 6.09. The first-order valence-corrected chi connectivity index (χ1v) is 11.7. The fraction of sp³-hybridized carbons (Fsp3) is 0.667. The highest BCUT2D eigenvalue weighted by atomic mass is 16.5. The monoisotopic (exact) mass is 461 g/mol. The second-order valence-corrected chi connectivity index (χ2v) is 9.44. The molecular weight excluding hydrogens is 426 g/mol. The van der Waals surface area contributed by atoms with Crippen LogP contribution in [0.1, 0.15) is 74.0 Å². The van der Waals surface area contributed by atoms with Crippen LogP contribution in [0.4, 0.5) is 0 Å². The second kappa shape index (κ2) is 10.6. The molecule has 0 aromatic carbocycles. The molecule has 0 radical (unpaired) electrons. The summed E-state index contributed by atoms with van der Waals surface area (Å²) in [7, 11) is 0. The molecule has 9 heteroatoms. The molecule has 1 aliphatic carbocycles. The Morgan fingerprint density at radius 2 is 1.97 bits per heavy atom. The summed E-state index contributed by atoms with van der Waals surface area (Å²) >= 11 is 0. The molecule has 2 aliphatic heterocycles. The van der Waals surface area contributed by atoms with Gasteiger partial charge in [-0.25, -0.2) is 0 Å². The number of carboxylic acid groups (broad SMARTS) is 1. The van der Waals surface area contributed by atoms with Crippen molar-refractivity contribution in [1.29, 1.82) is 0 Å². The number of aromatic nitrogens is 1. The number of carbonyl (C=O) groups excluding carboxylic acids is 2. The molecule has 0 bridgehead atoms. The molecular formula is C24H35N3O6. The maximum absolute atomic E-state index is 13.1. The first-order chi connectivity index (χ1) is 15.8. The van der Waals surface area contributed by atoms with Crippen LogP contribution in [0, 0.1) is 0 Å². The van der Waals surface area contributed by atoms with Gasteiger partial charge in [0.25, 0.3) is 12.4 Å². The highest BCUT2D eigenvalue weighted by Crippen LogP contribution is 2.40. The van der Waals surface area contributed by atoms with E-state index < -0.39 is 17.2 Å². The predicted molar refractivity (Wildman–Crippen MR) is 121 cm³/mol. The molecule has 1 aromatic rings. The molecule has 4 rings (SSSR count). The molecule has 0 saturated carbocycles. The van der Waals surface area contributed by atoms with E-state index in [1.54, 1.807) is 13.1 Å². The highest BCUT2D eigenvalue weighted by molar-refractivity contribution is 5.94. The number of nitrogens with zero attached hydrogens (tertiary/aromatic N) is 2. The Bertz CT molecular complexity index is 868. The lowest BCUT2D eigenvalue weighted by Crippen LogP contribution is -2.65. The minimum absolute atomic E-state index is 0.0311. The van der Waals surface area contributed by atoms with E-state index in [1.807, 2.05) is 17.9 Å². The van der Waals surface area contributed by atoms with Crippen LogP contribution in [0.2, 0.25) is 0 Å². The Kier molecular flexibility index (Phi) is 8.07. The molecule has 2 atom stereocenters. The third-order valence-corrected chi connectivity index (χ3v) is 7.10.